The maximum atomic E-state index is 11.7. The zero-order valence-electron chi connectivity index (χ0n) is 12.2. The van der Waals surface area contributed by atoms with Gasteiger partial charge in [0.15, 0.2) is 0 Å². The number of likely N-dealkylation sites (tertiary alicyclic amines) is 1. The average Bonchev–Trinajstić information content (AvgIpc) is 2.48. The molecule has 0 aromatic heterocycles. The number of rotatable bonds is 4. The third-order valence-corrected chi connectivity index (χ3v) is 4.07. The summed E-state index contributed by atoms with van der Waals surface area (Å²) in [5.41, 5.74) is 1.27. The van der Waals surface area contributed by atoms with E-state index in [1.165, 1.54) is 5.56 Å². The lowest BCUT2D eigenvalue weighted by atomic mass is 9.89. The largest absolute Gasteiger partial charge is 0.508 e. The second kappa shape index (κ2) is 6.75. The van der Waals surface area contributed by atoms with Crippen LogP contribution in [0.5, 0.6) is 5.75 Å². The number of phenols is 1. The molecule has 0 saturated carbocycles. The number of benzene rings is 1. The Morgan fingerprint density at radius 3 is 2.50 bits per heavy atom. The average molecular weight is 277 g/mol. The van der Waals surface area contributed by atoms with Crippen LogP contribution in [0, 0.1) is 0 Å². The van der Waals surface area contributed by atoms with Crippen molar-refractivity contribution in [2.24, 2.45) is 0 Å². The molecule has 0 aliphatic carbocycles. The lowest BCUT2D eigenvalue weighted by Crippen LogP contribution is -2.44. The first kappa shape index (κ1) is 14.9. The molecule has 0 bridgehead atoms. The number of carbonyl (C=O) groups excluding carboxylic acids is 1. The summed E-state index contributed by atoms with van der Waals surface area (Å²) in [6, 6.07) is 7.30. The Morgan fingerprint density at radius 1 is 1.35 bits per heavy atom. The molecule has 110 valence electrons. The van der Waals surface area contributed by atoms with Gasteiger partial charge in [-0.05, 0) is 63.4 Å². The monoisotopic (exact) mass is 277 g/mol. The van der Waals surface area contributed by atoms with Crippen LogP contribution in [-0.2, 0) is 9.53 Å². The minimum absolute atomic E-state index is 0.129. The third kappa shape index (κ3) is 3.51. The number of ether oxygens (including phenoxy) is 1. The summed E-state index contributed by atoms with van der Waals surface area (Å²) in [6.07, 6.45) is 2.07. The van der Waals surface area contributed by atoms with E-state index in [4.69, 9.17) is 4.74 Å². The second-order valence-corrected chi connectivity index (χ2v) is 5.33. The molecule has 0 spiro atoms. The molecule has 1 aromatic carbocycles. The Hall–Kier alpha value is -1.55. The van der Waals surface area contributed by atoms with Crippen LogP contribution in [-0.4, -0.2) is 41.7 Å². The van der Waals surface area contributed by atoms with Gasteiger partial charge in [-0.15, -0.1) is 0 Å². The van der Waals surface area contributed by atoms with E-state index in [2.05, 4.69) is 4.90 Å². The number of piperidine rings is 1. The molecule has 1 fully saturated rings. The van der Waals surface area contributed by atoms with Gasteiger partial charge in [-0.3, -0.25) is 9.69 Å². The highest BCUT2D eigenvalue weighted by molar-refractivity contribution is 5.75. The smallest absolute Gasteiger partial charge is 0.323 e. The minimum Gasteiger partial charge on any atom is -0.508 e. The zero-order valence-corrected chi connectivity index (χ0v) is 12.2. The molecule has 1 aliphatic heterocycles. The van der Waals surface area contributed by atoms with Gasteiger partial charge in [0.05, 0.1) is 6.61 Å². The highest BCUT2D eigenvalue weighted by Crippen LogP contribution is 2.29. The predicted molar refractivity (Wildman–Crippen MR) is 77.7 cm³/mol. The lowest BCUT2D eigenvalue weighted by molar-refractivity contribution is -0.149. The van der Waals surface area contributed by atoms with E-state index in [0.29, 0.717) is 18.3 Å². The molecule has 1 unspecified atom stereocenters. The first-order valence-corrected chi connectivity index (χ1v) is 7.31. The van der Waals surface area contributed by atoms with Gasteiger partial charge in [-0.2, -0.15) is 0 Å². The van der Waals surface area contributed by atoms with Gasteiger partial charge in [0, 0.05) is 0 Å². The Labute approximate surface area is 120 Å². The van der Waals surface area contributed by atoms with Gasteiger partial charge in [-0.25, -0.2) is 0 Å². The summed E-state index contributed by atoms with van der Waals surface area (Å²) < 4.78 is 5.07. The first-order valence-electron chi connectivity index (χ1n) is 7.31. The number of esters is 1. The fourth-order valence-corrected chi connectivity index (χ4v) is 2.78. The van der Waals surface area contributed by atoms with Crippen LogP contribution in [0.15, 0.2) is 24.3 Å². The summed E-state index contributed by atoms with van der Waals surface area (Å²) in [7, 11) is 0. The topological polar surface area (TPSA) is 49.8 Å². The molecule has 1 aliphatic rings. The van der Waals surface area contributed by atoms with E-state index in [1.54, 1.807) is 12.1 Å². The fraction of sp³-hybridized carbons (Fsp3) is 0.562. The van der Waals surface area contributed by atoms with Gasteiger partial charge in [0.1, 0.15) is 11.8 Å². The third-order valence-electron chi connectivity index (χ3n) is 4.07. The Kier molecular flexibility index (Phi) is 5.01. The molecule has 1 saturated heterocycles. The van der Waals surface area contributed by atoms with Crippen LogP contribution in [0.25, 0.3) is 0 Å². The van der Waals surface area contributed by atoms with E-state index >= 15 is 0 Å². The Bertz CT molecular complexity index is 436. The quantitative estimate of drug-likeness (QED) is 0.859. The van der Waals surface area contributed by atoms with Crippen molar-refractivity contribution in [2.75, 3.05) is 19.7 Å². The van der Waals surface area contributed by atoms with Crippen molar-refractivity contribution in [3.63, 3.8) is 0 Å². The van der Waals surface area contributed by atoms with E-state index in [1.807, 2.05) is 26.0 Å². The predicted octanol–water partition coefficient (Wildman–Crippen LogP) is 2.52. The maximum absolute atomic E-state index is 11.7. The maximum Gasteiger partial charge on any atom is 0.323 e. The molecule has 20 heavy (non-hydrogen) atoms. The van der Waals surface area contributed by atoms with Crippen LogP contribution in [0.4, 0.5) is 0 Å². The molecule has 1 aromatic rings. The first-order chi connectivity index (χ1) is 9.61. The number of carbonyl (C=O) groups is 1. The lowest BCUT2D eigenvalue weighted by Gasteiger charge is -2.35. The van der Waals surface area contributed by atoms with Gasteiger partial charge in [-0.1, -0.05) is 12.1 Å². The summed E-state index contributed by atoms with van der Waals surface area (Å²) in [5, 5.41) is 9.32. The van der Waals surface area contributed by atoms with Crippen molar-refractivity contribution >= 4 is 5.97 Å². The van der Waals surface area contributed by atoms with Crippen molar-refractivity contribution in [1.82, 2.24) is 4.90 Å². The Morgan fingerprint density at radius 2 is 1.95 bits per heavy atom. The molecule has 1 heterocycles. The van der Waals surface area contributed by atoms with Gasteiger partial charge in [0.25, 0.3) is 0 Å². The van der Waals surface area contributed by atoms with Crippen LogP contribution < -0.4 is 0 Å². The van der Waals surface area contributed by atoms with Gasteiger partial charge in [0.2, 0.25) is 0 Å². The fourth-order valence-electron chi connectivity index (χ4n) is 2.78. The van der Waals surface area contributed by atoms with E-state index in [0.717, 1.165) is 25.9 Å². The standard InChI is InChI=1S/C16H23NO3/c1-3-20-16(19)12(2)17-10-8-14(9-11-17)13-4-6-15(18)7-5-13/h4-7,12,14,18H,3,8-11H2,1-2H3. The molecule has 0 radical (unpaired) electrons. The van der Waals surface area contributed by atoms with Crippen molar-refractivity contribution in [1.29, 1.82) is 0 Å². The van der Waals surface area contributed by atoms with Crippen LogP contribution in [0.1, 0.15) is 38.2 Å². The summed E-state index contributed by atoms with van der Waals surface area (Å²) in [4.78, 5) is 13.9. The van der Waals surface area contributed by atoms with Crippen LogP contribution >= 0.6 is 0 Å². The zero-order chi connectivity index (χ0) is 14.5. The number of hydrogen-bond acceptors (Lipinski definition) is 4. The van der Waals surface area contributed by atoms with Crippen LogP contribution in [0.2, 0.25) is 0 Å². The number of phenolic OH excluding ortho intramolecular Hbond substituents is 1. The SMILES string of the molecule is CCOC(=O)C(C)N1CCC(c2ccc(O)cc2)CC1. The van der Waals surface area contributed by atoms with E-state index < -0.39 is 0 Å². The molecular formula is C16H23NO3. The van der Waals surface area contributed by atoms with Crippen molar-refractivity contribution in [2.45, 2.75) is 38.6 Å². The minimum atomic E-state index is -0.157. The van der Waals surface area contributed by atoms with Crippen molar-refractivity contribution < 1.29 is 14.6 Å². The molecule has 1 N–H and O–H groups in total. The number of aromatic hydroxyl groups is 1. The molecule has 2 rings (SSSR count). The van der Waals surface area contributed by atoms with E-state index in [9.17, 15) is 9.90 Å². The molecule has 1 atom stereocenters. The summed E-state index contributed by atoms with van der Waals surface area (Å²) in [5.74, 6) is 0.693. The second-order valence-electron chi connectivity index (χ2n) is 5.33. The van der Waals surface area contributed by atoms with Crippen LogP contribution in [0.3, 0.4) is 0 Å². The normalized spacial score (nSPS) is 18.7. The highest BCUT2D eigenvalue weighted by Gasteiger charge is 2.27. The van der Waals surface area contributed by atoms with Crippen molar-refractivity contribution in [3.8, 4) is 5.75 Å². The van der Waals surface area contributed by atoms with Gasteiger partial charge < -0.3 is 9.84 Å². The highest BCUT2D eigenvalue weighted by atomic mass is 16.5. The van der Waals surface area contributed by atoms with Gasteiger partial charge >= 0.3 is 5.97 Å². The molecular weight excluding hydrogens is 254 g/mol. The number of hydrogen-bond donors (Lipinski definition) is 1. The Balaban J connectivity index is 1.89. The van der Waals surface area contributed by atoms with E-state index in [-0.39, 0.29) is 12.0 Å². The van der Waals surface area contributed by atoms with Crippen molar-refractivity contribution in [3.05, 3.63) is 29.8 Å². The summed E-state index contributed by atoms with van der Waals surface area (Å²) >= 11 is 0. The molecule has 4 nitrogen and oxygen atoms in total. The number of nitrogens with zero attached hydrogens (tertiary/aromatic N) is 1. The molecule has 4 heteroatoms. The molecule has 0 amide bonds. The summed E-state index contributed by atoms with van der Waals surface area (Å²) in [6.45, 7) is 6.00.